The third kappa shape index (κ3) is 4.44. The number of hydrogen-bond donors (Lipinski definition) is 0. The first-order valence-corrected chi connectivity index (χ1v) is 9.14. The molecule has 0 aliphatic carbocycles. The zero-order valence-electron chi connectivity index (χ0n) is 15.7. The van der Waals surface area contributed by atoms with Crippen LogP contribution >= 0.6 is 0 Å². The monoisotopic (exact) mass is 376 g/mol. The van der Waals surface area contributed by atoms with Gasteiger partial charge in [-0.05, 0) is 31.7 Å². The molecule has 3 rings (SSSR count). The number of halogens is 1. The van der Waals surface area contributed by atoms with Crippen molar-refractivity contribution in [3.05, 3.63) is 35.6 Å². The van der Waals surface area contributed by atoms with E-state index in [-0.39, 0.29) is 43.2 Å². The van der Waals surface area contributed by atoms with Crippen molar-refractivity contribution in [2.24, 2.45) is 0 Å². The second-order valence-corrected chi connectivity index (χ2v) is 7.21. The highest BCUT2D eigenvalue weighted by molar-refractivity contribution is 5.96. The lowest BCUT2D eigenvalue weighted by Gasteiger charge is -2.40. The van der Waals surface area contributed by atoms with Crippen LogP contribution in [0.4, 0.5) is 4.39 Å². The average Bonchev–Trinajstić information content (AvgIpc) is 2.63. The molecule has 2 aliphatic rings. The summed E-state index contributed by atoms with van der Waals surface area (Å²) in [5, 5.41) is 0. The fraction of sp³-hybridized carbons (Fsp3) is 0.526. The molecule has 146 valence electrons. The van der Waals surface area contributed by atoms with Crippen molar-refractivity contribution in [1.82, 2.24) is 19.6 Å². The molecule has 0 saturated carbocycles. The lowest BCUT2D eigenvalue weighted by atomic mass is 10.1. The van der Waals surface area contributed by atoms with Crippen LogP contribution in [-0.4, -0.2) is 89.7 Å². The van der Waals surface area contributed by atoms with Gasteiger partial charge in [0.1, 0.15) is 24.9 Å². The van der Waals surface area contributed by atoms with E-state index in [0.717, 1.165) is 13.1 Å². The minimum Gasteiger partial charge on any atom is -0.339 e. The molecular formula is C19H25FN4O3. The van der Waals surface area contributed by atoms with Gasteiger partial charge in [-0.2, -0.15) is 0 Å². The van der Waals surface area contributed by atoms with E-state index in [0.29, 0.717) is 18.7 Å². The normalized spacial score (nSPS) is 21.7. The summed E-state index contributed by atoms with van der Waals surface area (Å²) < 4.78 is 13.4. The smallest absolute Gasteiger partial charge is 0.245 e. The number of nitrogens with zero attached hydrogens (tertiary/aromatic N) is 4. The average molecular weight is 376 g/mol. The quantitative estimate of drug-likeness (QED) is 0.751. The number of benzene rings is 1. The molecule has 0 N–H and O–H groups in total. The molecule has 0 radical (unpaired) electrons. The van der Waals surface area contributed by atoms with Gasteiger partial charge in [-0.1, -0.05) is 12.1 Å². The SMILES string of the molecule is C[C@H]1C(=O)N(Cc2cccc(F)c2)CC(=O)N1CC(=O)N1CCN(C)CC1. The minimum absolute atomic E-state index is 0.0801. The predicted octanol–water partition coefficient (Wildman–Crippen LogP) is 0.159. The molecule has 2 fully saturated rings. The van der Waals surface area contributed by atoms with Crippen molar-refractivity contribution in [2.45, 2.75) is 19.5 Å². The van der Waals surface area contributed by atoms with Crippen LogP contribution in [0.5, 0.6) is 0 Å². The molecule has 2 aliphatic heterocycles. The Balaban J connectivity index is 1.62. The third-order valence-corrected chi connectivity index (χ3v) is 5.21. The Kier molecular flexibility index (Phi) is 5.74. The summed E-state index contributed by atoms with van der Waals surface area (Å²) in [7, 11) is 2.00. The maximum atomic E-state index is 13.4. The lowest BCUT2D eigenvalue weighted by Crippen LogP contribution is -2.61. The summed E-state index contributed by atoms with van der Waals surface area (Å²) in [6, 6.07) is 5.27. The van der Waals surface area contributed by atoms with Crippen molar-refractivity contribution in [3.8, 4) is 0 Å². The number of piperazine rings is 2. The van der Waals surface area contributed by atoms with Gasteiger partial charge in [0.25, 0.3) is 0 Å². The summed E-state index contributed by atoms with van der Waals surface area (Å²) in [6.45, 7) is 4.49. The van der Waals surface area contributed by atoms with E-state index in [4.69, 9.17) is 0 Å². The summed E-state index contributed by atoms with van der Waals surface area (Å²) in [4.78, 5) is 44.4. The van der Waals surface area contributed by atoms with E-state index in [1.54, 1.807) is 24.0 Å². The highest BCUT2D eigenvalue weighted by atomic mass is 19.1. The van der Waals surface area contributed by atoms with Crippen LogP contribution in [-0.2, 0) is 20.9 Å². The van der Waals surface area contributed by atoms with E-state index in [1.807, 2.05) is 7.05 Å². The molecule has 1 aromatic rings. The molecule has 0 spiro atoms. The van der Waals surface area contributed by atoms with Gasteiger partial charge < -0.3 is 19.6 Å². The van der Waals surface area contributed by atoms with E-state index in [1.165, 1.54) is 21.9 Å². The second-order valence-electron chi connectivity index (χ2n) is 7.21. The highest BCUT2D eigenvalue weighted by Gasteiger charge is 2.38. The fourth-order valence-electron chi connectivity index (χ4n) is 3.46. The zero-order valence-corrected chi connectivity index (χ0v) is 15.7. The van der Waals surface area contributed by atoms with Crippen molar-refractivity contribution < 1.29 is 18.8 Å². The van der Waals surface area contributed by atoms with Gasteiger partial charge in [-0.3, -0.25) is 14.4 Å². The number of likely N-dealkylation sites (N-methyl/N-ethyl adjacent to an activating group) is 1. The van der Waals surface area contributed by atoms with Crippen LogP contribution in [0.2, 0.25) is 0 Å². The zero-order chi connectivity index (χ0) is 19.6. The topological polar surface area (TPSA) is 64.2 Å². The molecular weight excluding hydrogens is 351 g/mol. The Labute approximate surface area is 158 Å². The first-order valence-electron chi connectivity index (χ1n) is 9.14. The summed E-state index contributed by atoms with van der Waals surface area (Å²) in [6.07, 6.45) is 0. The fourth-order valence-corrected chi connectivity index (χ4v) is 3.46. The summed E-state index contributed by atoms with van der Waals surface area (Å²) in [5.74, 6) is -1.00. The first-order chi connectivity index (χ1) is 12.8. The largest absolute Gasteiger partial charge is 0.339 e. The van der Waals surface area contributed by atoms with Gasteiger partial charge >= 0.3 is 0 Å². The van der Waals surface area contributed by atoms with Crippen molar-refractivity contribution in [1.29, 1.82) is 0 Å². The molecule has 3 amide bonds. The minimum atomic E-state index is -0.712. The lowest BCUT2D eigenvalue weighted by molar-refractivity contribution is -0.158. The molecule has 2 saturated heterocycles. The van der Waals surface area contributed by atoms with Gasteiger partial charge in [0.15, 0.2) is 0 Å². The molecule has 0 aromatic heterocycles. The van der Waals surface area contributed by atoms with Gasteiger partial charge in [-0.25, -0.2) is 4.39 Å². The second kappa shape index (κ2) is 8.04. The Morgan fingerprint density at radius 2 is 1.89 bits per heavy atom. The van der Waals surface area contributed by atoms with Crippen LogP contribution in [0.1, 0.15) is 12.5 Å². The van der Waals surface area contributed by atoms with Crippen molar-refractivity contribution in [2.75, 3.05) is 46.3 Å². The molecule has 27 heavy (non-hydrogen) atoms. The number of rotatable bonds is 4. The number of amides is 3. The molecule has 0 unspecified atom stereocenters. The predicted molar refractivity (Wildman–Crippen MR) is 97.1 cm³/mol. The number of hydrogen-bond acceptors (Lipinski definition) is 4. The Bertz CT molecular complexity index is 733. The van der Waals surface area contributed by atoms with Crippen LogP contribution in [0, 0.1) is 5.82 Å². The van der Waals surface area contributed by atoms with Crippen molar-refractivity contribution in [3.63, 3.8) is 0 Å². The van der Waals surface area contributed by atoms with Crippen molar-refractivity contribution >= 4 is 17.7 Å². The molecule has 0 bridgehead atoms. The molecule has 1 aromatic carbocycles. The highest BCUT2D eigenvalue weighted by Crippen LogP contribution is 2.17. The molecule has 8 heteroatoms. The maximum absolute atomic E-state index is 13.4. The first kappa shape index (κ1) is 19.3. The third-order valence-electron chi connectivity index (χ3n) is 5.21. The summed E-state index contributed by atoms with van der Waals surface area (Å²) in [5.41, 5.74) is 0.630. The molecule has 2 heterocycles. The van der Waals surface area contributed by atoms with Gasteiger partial charge in [0.2, 0.25) is 17.7 Å². The number of carbonyl (C=O) groups is 3. The molecule has 7 nitrogen and oxygen atoms in total. The van der Waals surface area contributed by atoms with E-state index < -0.39 is 6.04 Å². The van der Waals surface area contributed by atoms with E-state index in [2.05, 4.69) is 4.90 Å². The van der Waals surface area contributed by atoms with Crippen LogP contribution in [0.3, 0.4) is 0 Å². The molecule has 1 atom stereocenters. The summed E-state index contributed by atoms with van der Waals surface area (Å²) >= 11 is 0. The maximum Gasteiger partial charge on any atom is 0.245 e. The van der Waals surface area contributed by atoms with Gasteiger partial charge in [0, 0.05) is 32.7 Å². The van der Waals surface area contributed by atoms with E-state index >= 15 is 0 Å². The van der Waals surface area contributed by atoms with Crippen LogP contribution < -0.4 is 0 Å². The standard InChI is InChI=1S/C19H25FN4O3/c1-14-19(27)23(11-15-4-3-5-16(20)10-15)12-18(26)24(14)13-17(25)22-8-6-21(2)7-9-22/h3-5,10,14H,6-9,11-13H2,1-2H3/t14-/m0/s1. The van der Waals surface area contributed by atoms with Crippen LogP contribution in [0.15, 0.2) is 24.3 Å². The van der Waals surface area contributed by atoms with Gasteiger partial charge in [-0.15, -0.1) is 0 Å². The van der Waals surface area contributed by atoms with Crippen LogP contribution in [0.25, 0.3) is 0 Å². The number of carbonyl (C=O) groups excluding carboxylic acids is 3. The Morgan fingerprint density at radius 1 is 1.19 bits per heavy atom. The van der Waals surface area contributed by atoms with E-state index in [9.17, 15) is 18.8 Å². The van der Waals surface area contributed by atoms with Gasteiger partial charge in [0.05, 0.1) is 0 Å². The Morgan fingerprint density at radius 3 is 2.56 bits per heavy atom. The Hall–Kier alpha value is -2.48.